The molecule has 0 fully saturated rings. The van der Waals surface area contributed by atoms with Crippen molar-refractivity contribution in [2.45, 2.75) is 459 Å². The van der Waals surface area contributed by atoms with Crippen molar-refractivity contribution in [3.05, 3.63) is 0 Å². The zero-order chi connectivity index (χ0) is 76.7. The largest absolute Gasteiger partial charge is 0.472 e. The van der Waals surface area contributed by atoms with Crippen LogP contribution in [0.3, 0.4) is 0 Å². The third kappa shape index (κ3) is 75.5. The topological polar surface area (TPSA) is 237 Å². The molecular weight excluding hydrogens is 1350 g/mol. The van der Waals surface area contributed by atoms with Gasteiger partial charge < -0.3 is 33.8 Å². The molecule has 7 atom stereocenters. The van der Waals surface area contributed by atoms with Crippen molar-refractivity contribution in [2.24, 2.45) is 23.7 Å². The van der Waals surface area contributed by atoms with Gasteiger partial charge in [-0.15, -0.1) is 0 Å². The van der Waals surface area contributed by atoms with Crippen LogP contribution in [0.2, 0.25) is 0 Å². The van der Waals surface area contributed by atoms with Crippen molar-refractivity contribution in [1.82, 2.24) is 0 Å². The van der Waals surface area contributed by atoms with Crippen LogP contribution >= 0.6 is 15.6 Å². The fraction of sp³-hybridized carbons (Fsp3) is 0.953. The van der Waals surface area contributed by atoms with Gasteiger partial charge in [0.25, 0.3) is 0 Å². The molecule has 0 aliphatic carbocycles. The van der Waals surface area contributed by atoms with Crippen molar-refractivity contribution in [3.8, 4) is 0 Å². The van der Waals surface area contributed by atoms with E-state index in [-0.39, 0.29) is 25.7 Å². The molecule has 0 heterocycles. The zero-order valence-corrected chi connectivity index (χ0v) is 70.5. The molecule has 0 aromatic carbocycles. The second-order valence-corrected chi connectivity index (χ2v) is 34.9. The standard InChI is InChI=1S/C85H166O17P2/c1-9-77(7)63-55-47-39-31-25-17-15-13-11-12-14-16-18-27-33-43-51-59-67-84(89)101-80(71-95-82(87)65-57-49-41-32-26-21-19-23-29-37-45-53-61-75(3)4)73-99-103(91,92)97-69-79(86)70-98-104(93,94)100-74-81(72-96-83(88)66-58-50-42-36-35-40-48-56-64-78(8)10-2)102-85(90)68-60-52-44-34-28-22-20-24-30-38-46-54-62-76(5)6/h75-81,86H,9-74H2,1-8H3,(H,91,92)(H,93,94)/t77?,78?,79-,80-,81-/m1/s1. The van der Waals surface area contributed by atoms with Crippen molar-refractivity contribution in [3.63, 3.8) is 0 Å². The fourth-order valence-corrected chi connectivity index (χ4v) is 14.7. The van der Waals surface area contributed by atoms with E-state index in [1.807, 2.05) is 0 Å². The molecule has 0 aliphatic rings. The van der Waals surface area contributed by atoms with Crippen LogP contribution in [0.15, 0.2) is 0 Å². The van der Waals surface area contributed by atoms with E-state index in [1.165, 1.54) is 244 Å². The highest BCUT2D eigenvalue weighted by molar-refractivity contribution is 7.47. The number of carbonyl (C=O) groups is 4. The minimum atomic E-state index is -4.97. The second-order valence-electron chi connectivity index (χ2n) is 32.0. The predicted molar refractivity (Wildman–Crippen MR) is 428 cm³/mol. The molecule has 0 spiro atoms. The number of carbonyl (C=O) groups excluding carboxylic acids is 4. The Morgan fingerprint density at radius 2 is 0.462 bits per heavy atom. The fourth-order valence-electron chi connectivity index (χ4n) is 13.1. The van der Waals surface area contributed by atoms with Crippen LogP contribution in [-0.4, -0.2) is 96.7 Å². The van der Waals surface area contributed by atoms with E-state index in [4.69, 9.17) is 37.0 Å². The van der Waals surface area contributed by atoms with Crippen LogP contribution in [-0.2, 0) is 65.4 Å². The third-order valence-electron chi connectivity index (χ3n) is 20.5. The Balaban J connectivity index is 5.25. The maximum atomic E-state index is 13.1. The summed E-state index contributed by atoms with van der Waals surface area (Å²) in [4.78, 5) is 73.2. The monoisotopic (exact) mass is 1520 g/mol. The van der Waals surface area contributed by atoms with Gasteiger partial charge in [0.1, 0.15) is 19.3 Å². The van der Waals surface area contributed by atoms with Crippen LogP contribution in [0, 0.1) is 23.7 Å². The molecule has 0 saturated heterocycles. The Hall–Kier alpha value is -1.94. The van der Waals surface area contributed by atoms with Gasteiger partial charge in [0.15, 0.2) is 12.2 Å². The molecule has 0 amide bonds. The number of unbranched alkanes of at least 4 members (excludes halogenated alkanes) is 46. The Labute approximate surface area is 638 Å². The molecule has 0 bridgehead atoms. The summed E-state index contributed by atoms with van der Waals surface area (Å²) in [7, 11) is -9.93. The number of esters is 4. The van der Waals surface area contributed by atoms with Crippen LogP contribution in [0.1, 0.15) is 441 Å². The summed E-state index contributed by atoms with van der Waals surface area (Å²) in [5.74, 6) is 1.10. The third-order valence-corrected chi connectivity index (χ3v) is 22.4. The summed E-state index contributed by atoms with van der Waals surface area (Å²) >= 11 is 0. The summed E-state index contributed by atoms with van der Waals surface area (Å²) in [6.07, 6.45) is 62.3. The predicted octanol–water partition coefficient (Wildman–Crippen LogP) is 25.6. The summed E-state index contributed by atoms with van der Waals surface area (Å²) in [5.41, 5.74) is 0. The van der Waals surface area contributed by atoms with Gasteiger partial charge in [-0.2, -0.15) is 0 Å². The average Bonchev–Trinajstić information content (AvgIpc) is 0.911. The molecule has 3 N–H and O–H groups in total. The van der Waals surface area contributed by atoms with Gasteiger partial charge in [-0.25, -0.2) is 9.13 Å². The maximum absolute atomic E-state index is 13.1. The molecule has 0 aromatic heterocycles. The van der Waals surface area contributed by atoms with Gasteiger partial charge in [-0.1, -0.05) is 389 Å². The first-order valence-electron chi connectivity index (χ1n) is 43.8. The first-order valence-corrected chi connectivity index (χ1v) is 46.8. The number of phosphoric acid groups is 2. The highest BCUT2D eigenvalue weighted by Gasteiger charge is 2.30. The Morgan fingerprint density at radius 1 is 0.269 bits per heavy atom. The Bertz CT molecular complexity index is 2030. The smallest absolute Gasteiger partial charge is 0.462 e. The summed E-state index contributed by atoms with van der Waals surface area (Å²) in [6.45, 7) is 14.4. The van der Waals surface area contributed by atoms with E-state index < -0.39 is 97.5 Å². The van der Waals surface area contributed by atoms with Gasteiger partial charge >= 0.3 is 39.5 Å². The number of ether oxygens (including phenoxy) is 4. The number of rotatable bonds is 82. The lowest BCUT2D eigenvalue weighted by Crippen LogP contribution is -2.30. The Morgan fingerprint density at radius 3 is 0.683 bits per heavy atom. The van der Waals surface area contributed by atoms with Crippen molar-refractivity contribution < 1.29 is 80.2 Å². The van der Waals surface area contributed by atoms with E-state index in [0.717, 1.165) is 114 Å². The van der Waals surface area contributed by atoms with Gasteiger partial charge in [-0.3, -0.25) is 37.3 Å². The number of phosphoric ester groups is 2. The maximum Gasteiger partial charge on any atom is 0.472 e. The van der Waals surface area contributed by atoms with E-state index in [9.17, 15) is 43.2 Å². The van der Waals surface area contributed by atoms with Crippen molar-refractivity contribution in [1.29, 1.82) is 0 Å². The van der Waals surface area contributed by atoms with Gasteiger partial charge in [0, 0.05) is 25.7 Å². The van der Waals surface area contributed by atoms with Crippen LogP contribution in [0.25, 0.3) is 0 Å². The minimum Gasteiger partial charge on any atom is -0.462 e. The summed E-state index contributed by atoms with van der Waals surface area (Å²) in [5, 5.41) is 10.7. The summed E-state index contributed by atoms with van der Waals surface area (Å²) in [6, 6.07) is 0. The number of hydrogen-bond acceptors (Lipinski definition) is 15. The second kappa shape index (κ2) is 73.8. The molecule has 4 unspecified atom stereocenters. The van der Waals surface area contributed by atoms with Crippen LogP contribution in [0.4, 0.5) is 0 Å². The molecule has 618 valence electrons. The Kier molecular flexibility index (Phi) is 72.5. The van der Waals surface area contributed by atoms with E-state index >= 15 is 0 Å². The van der Waals surface area contributed by atoms with Crippen LogP contribution < -0.4 is 0 Å². The van der Waals surface area contributed by atoms with Gasteiger partial charge in [0.05, 0.1) is 26.4 Å². The molecule has 19 heteroatoms. The average molecular weight is 1520 g/mol. The lowest BCUT2D eigenvalue weighted by molar-refractivity contribution is -0.161. The van der Waals surface area contributed by atoms with E-state index in [0.29, 0.717) is 25.7 Å². The molecule has 0 saturated carbocycles. The number of hydrogen-bond donors (Lipinski definition) is 3. The molecule has 0 aromatic rings. The van der Waals surface area contributed by atoms with E-state index in [2.05, 4.69) is 55.4 Å². The summed E-state index contributed by atoms with van der Waals surface area (Å²) < 4.78 is 68.9. The van der Waals surface area contributed by atoms with Gasteiger partial charge in [0.2, 0.25) is 0 Å². The highest BCUT2D eigenvalue weighted by Crippen LogP contribution is 2.45. The van der Waals surface area contributed by atoms with Crippen molar-refractivity contribution in [2.75, 3.05) is 39.6 Å². The first kappa shape index (κ1) is 102. The highest BCUT2D eigenvalue weighted by atomic mass is 31.2. The lowest BCUT2D eigenvalue weighted by Gasteiger charge is -2.21. The molecule has 0 rings (SSSR count). The molecule has 104 heavy (non-hydrogen) atoms. The van der Waals surface area contributed by atoms with Crippen molar-refractivity contribution >= 4 is 39.5 Å². The molecule has 17 nitrogen and oxygen atoms in total. The number of aliphatic hydroxyl groups excluding tert-OH is 1. The normalized spacial score (nSPS) is 14.5. The molecule has 0 radical (unpaired) electrons. The SMILES string of the molecule is CCC(C)CCCCCCCCCCCCCCCCCCCCC(=O)O[C@H](COC(=O)CCCCCCCCCCCCCCC(C)C)COP(=O)(O)OC[C@@H](O)COP(=O)(O)OC[C@@H](COC(=O)CCCCCCCCCCC(C)CC)OC(=O)CCCCCCCCCCCCCCC(C)C. The van der Waals surface area contributed by atoms with Crippen LogP contribution in [0.5, 0.6) is 0 Å². The zero-order valence-electron chi connectivity index (χ0n) is 68.7. The molecule has 0 aliphatic heterocycles. The minimum absolute atomic E-state index is 0.106. The number of aliphatic hydroxyl groups is 1. The lowest BCUT2D eigenvalue weighted by atomic mass is 9.99. The quantitative estimate of drug-likeness (QED) is 0.0222. The molecular formula is C85H166O17P2. The first-order chi connectivity index (χ1) is 50.2. The van der Waals surface area contributed by atoms with Gasteiger partial charge in [-0.05, 0) is 49.4 Å². The van der Waals surface area contributed by atoms with E-state index in [1.54, 1.807) is 0 Å².